The van der Waals surface area contributed by atoms with Crippen molar-refractivity contribution in [1.82, 2.24) is 15.2 Å². The van der Waals surface area contributed by atoms with E-state index < -0.39 is 0 Å². The molecule has 0 bridgehead atoms. The minimum atomic E-state index is -0.292. The van der Waals surface area contributed by atoms with Crippen molar-refractivity contribution in [1.29, 1.82) is 0 Å². The average molecular weight is 464 g/mol. The van der Waals surface area contributed by atoms with E-state index in [4.69, 9.17) is 5.73 Å². The number of nitrogens with two attached hydrogens (primary N) is 1. The molecular formula is C18H24Cl2FN5O2S. The third kappa shape index (κ3) is 6.81. The predicted octanol–water partition coefficient (Wildman–Crippen LogP) is 2.05. The smallest absolute Gasteiger partial charge is 0.270 e. The second kappa shape index (κ2) is 11.9. The van der Waals surface area contributed by atoms with Crippen LogP contribution in [0.2, 0.25) is 0 Å². The largest absolute Gasteiger partial charge is 0.368 e. The number of anilines is 1. The van der Waals surface area contributed by atoms with Gasteiger partial charge in [-0.2, -0.15) is 0 Å². The van der Waals surface area contributed by atoms with Gasteiger partial charge in [0.25, 0.3) is 5.91 Å². The van der Waals surface area contributed by atoms with E-state index in [2.05, 4.69) is 15.2 Å². The van der Waals surface area contributed by atoms with Crippen LogP contribution in [0.5, 0.6) is 0 Å². The number of hydrogen-bond donors (Lipinski definition) is 2. The van der Waals surface area contributed by atoms with Crippen LogP contribution in [0.1, 0.15) is 21.9 Å². The summed E-state index contributed by atoms with van der Waals surface area (Å²) in [6, 6.07) is 6.37. The summed E-state index contributed by atoms with van der Waals surface area (Å²) in [5, 5.41) is 5.08. The van der Waals surface area contributed by atoms with Crippen molar-refractivity contribution in [2.24, 2.45) is 5.73 Å². The lowest BCUT2D eigenvalue weighted by Crippen LogP contribution is -2.49. The molecule has 0 radical (unpaired) electrons. The average Bonchev–Trinajstić information content (AvgIpc) is 3.18. The Morgan fingerprint density at radius 3 is 2.38 bits per heavy atom. The number of hydrogen-bond acceptors (Lipinski definition) is 6. The van der Waals surface area contributed by atoms with Gasteiger partial charge in [-0.1, -0.05) is 0 Å². The third-order valence-corrected chi connectivity index (χ3v) is 5.28. The third-order valence-electron chi connectivity index (χ3n) is 4.41. The topological polar surface area (TPSA) is 91.6 Å². The summed E-state index contributed by atoms with van der Waals surface area (Å²) >= 11 is 1.34. The van der Waals surface area contributed by atoms with Crippen molar-refractivity contribution in [3.63, 3.8) is 0 Å². The predicted molar refractivity (Wildman–Crippen MR) is 117 cm³/mol. The minimum absolute atomic E-state index is 0. The van der Waals surface area contributed by atoms with Gasteiger partial charge < -0.3 is 20.9 Å². The van der Waals surface area contributed by atoms with E-state index in [1.165, 1.54) is 23.5 Å². The van der Waals surface area contributed by atoms with E-state index >= 15 is 0 Å². The first-order valence-electron chi connectivity index (χ1n) is 8.78. The summed E-state index contributed by atoms with van der Waals surface area (Å²) in [5.74, 6) is -0.540. The molecule has 7 nitrogen and oxygen atoms in total. The van der Waals surface area contributed by atoms with Gasteiger partial charge in [0.2, 0.25) is 5.91 Å². The fraction of sp³-hybridized carbons (Fsp3) is 0.389. The number of thiazole rings is 1. The van der Waals surface area contributed by atoms with Crippen LogP contribution < -0.4 is 16.0 Å². The maximum Gasteiger partial charge on any atom is 0.270 e. The Bertz CT molecular complexity index is 798. The molecule has 3 N–H and O–H groups in total. The molecule has 0 unspecified atom stereocenters. The first kappa shape index (κ1) is 25.1. The van der Waals surface area contributed by atoms with Crippen LogP contribution in [0.3, 0.4) is 0 Å². The summed E-state index contributed by atoms with van der Waals surface area (Å²) < 4.78 is 13.0. The highest BCUT2D eigenvalue weighted by molar-refractivity contribution is 7.09. The second-order valence-electron chi connectivity index (χ2n) is 6.18. The zero-order valence-corrected chi connectivity index (χ0v) is 18.1. The summed E-state index contributed by atoms with van der Waals surface area (Å²) in [5.41, 5.74) is 6.77. The standard InChI is InChI=1S/C18H22FN5O2S.2ClH/c19-13-1-3-14(4-2-13)23-7-9-24(10-8-23)17(25)5-6-21-18(26)15-12-27-16(11-20)22-15;;/h1-4,12H,5-11,20H2,(H,21,26);2*1H. The van der Waals surface area contributed by atoms with E-state index in [1.807, 2.05) is 0 Å². The van der Waals surface area contributed by atoms with Gasteiger partial charge in [-0.05, 0) is 24.3 Å². The Kier molecular flexibility index (Phi) is 10.3. The molecule has 160 valence electrons. The molecule has 0 spiro atoms. The van der Waals surface area contributed by atoms with E-state index in [0.29, 0.717) is 43.4 Å². The number of nitrogens with one attached hydrogen (secondary N) is 1. The second-order valence-corrected chi connectivity index (χ2v) is 7.12. The lowest BCUT2D eigenvalue weighted by atomic mass is 10.2. The SMILES string of the molecule is Cl.Cl.NCc1nc(C(=O)NCCC(=O)N2CCN(c3ccc(F)cc3)CC2)cs1. The van der Waals surface area contributed by atoms with Crippen LogP contribution in [-0.4, -0.2) is 54.4 Å². The normalized spacial score (nSPS) is 13.3. The maximum absolute atomic E-state index is 13.0. The van der Waals surface area contributed by atoms with Gasteiger partial charge in [-0.25, -0.2) is 9.37 Å². The quantitative estimate of drug-likeness (QED) is 0.683. The maximum atomic E-state index is 13.0. The van der Waals surface area contributed by atoms with E-state index in [0.717, 1.165) is 5.69 Å². The van der Waals surface area contributed by atoms with Crippen molar-refractivity contribution in [2.45, 2.75) is 13.0 Å². The summed E-state index contributed by atoms with van der Waals surface area (Å²) in [7, 11) is 0. The van der Waals surface area contributed by atoms with Crippen LogP contribution in [0.15, 0.2) is 29.6 Å². The highest BCUT2D eigenvalue weighted by Gasteiger charge is 2.21. The van der Waals surface area contributed by atoms with Crippen LogP contribution >= 0.6 is 36.2 Å². The monoisotopic (exact) mass is 463 g/mol. The molecule has 1 aliphatic rings. The van der Waals surface area contributed by atoms with Crippen molar-refractivity contribution >= 4 is 53.7 Å². The Labute approximate surface area is 185 Å². The van der Waals surface area contributed by atoms with Gasteiger partial charge in [0, 0.05) is 56.8 Å². The summed E-state index contributed by atoms with van der Waals surface area (Å²) in [6.07, 6.45) is 0.246. The molecule has 0 aliphatic carbocycles. The minimum Gasteiger partial charge on any atom is -0.368 e. The van der Waals surface area contributed by atoms with E-state index in [9.17, 15) is 14.0 Å². The van der Waals surface area contributed by atoms with Crippen LogP contribution in [0.4, 0.5) is 10.1 Å². The fourth-order valence-electron chi connectivity index (χ4n) is 2.91. The molecule has 1 aliphatic heterocycles. The molecule has 11 heteroatoms. The van der Waals surface area contributed by atoms with Crippen molar-refractivity contribution in [3.8, 4) is 0 Å². The molecule has 1 saturated heterocycles. The summed E-state index contributed by atoms with van der Waals surface area (Å²) in [4.78, 5) is 32.4. The molecule has 2 amide bonds. The number of benzene rings is 1. The lowest BCUT2D eigenvalue weighted by molar-refractivity contribution is -0.131. The van der Waals surface area contributed by atoms with Gasteiger partial charge >= 0.3 is 0 Å². The molecule has 0 atom stereocenters. The van der Waals surface area contributed by atoms with Gasteiger partial charge in [0.15, 0.2) is 0 Å². The van der Waals surface area contributed by atoms with Crippen LogP contribution in [0, 0.1) is 5.82 Å². The van der Waals surface area contributed by atoms with Gasteiger partial charge in [-0.3, -0.25) is 9.59 Å². The zero-order valence-electron chi connectivity index (χ0n) is 15.7. The number of rotatable bonds is 6. The Hall–Kier alpha value is -1.94. The molecule has 0 saturated carbocycles. The molecule has 29 heavy (non-hydrogen) atoms. The van der Waals surface area contributed by atoms with Gasteiger partial charge in [-0.15, -0.1) is 36.2 Å². The molecule has 2 heterocycles. The number of carbonyl (C=O) groups excluding carboxylic acids is 2. The zero-order chi connectivity index (χ0) is 19.2. The number of carbonyl (C=O) groups is 2. The Balaban J connectivity index is 0.00000210. The number of amides is 2. The van der Waals surface area contributed by atoms with Gasteiger partial charge in [0.1, 0.15) is 16.5 Å². The van der Waals surface area contributed by atoms with Crippen LogP contribution in [0.25, 0.3) is 0 Å². The Morgan fingerprint density at radius 2 is 1.79 bits per heavy atom. The van der Waals surface area contributed by atoms with Crippen molar-refractivity contribution in [3.05, 3.63) is 46.2 Å². The molecule has 1 aromatic heterocycles. The van der Waals surface area contributed by atoms with Crippen molar-refractivity contribution < 1.29 is 14.0 Å². The first-order valence-corrected chi connectivity index (χ1v) is 9.65. The molecule has 2 aromatic rings. The highest BCUT2D eigenvalue weighted by atomic mass is 35.5. The molecule has 3 rings (SSSR count). The number of nitrogens with zero attached hydrogens (tertiary/aromatic N) is 3. The number of piperazine rings is 1. The number of halogens is 3. The highest BCUT2D eigenvalue weighted by Crippen LogP contribution is 2.17. The molecule has 1 aromatic carbocycles. The van der Waals surface area contributed by atoms with Crippen LogP contribution in [-0.2, 0) is 11.3 Å². The fourth-order valence-corrected chi connectivity index (χ4v) is 3.56. The van der Waals surface area contributed by atoms with E-state index in [-0.39, 0.29) is 55.4 Å². The van der Waals surface area contributed by atoms with Crippen molar-refractivity contribution in [2.75, 3.05) is 37.6 Å². The first-order chi connectivity index (χ1) is 13.1. The van der Waals surface area contributed by atoms with Gasteiger partial charge in [0.05, 0.1) is 0 Å². The molecular weight excluding hydrogens is 440 g/mol. The van der Waals surface area contributed by atoms with E-state index in [1.54, 1.807) is 22.4 Å². The molecule has 1 fully saturated rings. The summed E-state index contributed by atoms with van der Waals surface area (Å²) in [6.45, 7) is 3.19. The number of aromatic nitrogens is 1. The Morgan fingerprint density at radius 1 is 1.14 bits per heavy atom. The lowest BCUT2D eigenvalue weighted by Gasteiger charge is -2.36.